The normalized spacial score (nSPS) is 13.0. The zero-order chi connectivity index (χ0) is 18.8. The van der Waals surface area contributed by atoms with Gasteiger partial charge in [0.25, 0.3) is 5.91 Å². The number of anilines is 2. The van der Waals surface area contributed by atoms with E-state index >= 15 is 0 Å². The summed E-state index contributed by atoms with van der Waals surface area (Å²) in [6, 6.07) is 8.88. The third-order valence-electron chi connectivity index (χ3n) is 3.88. The first kappa shape index (κ1) is 17.4. The van der Waals surface area contributed by atoms with Crippen molar-refractivity contribution < 1.29 is 19.1 Å². The lowest BCUT2D eigenvalue weighted by Gasteiger charge is -2.28. The Morgan fingerprint density at radius 1 is 1.22 bits per heavy atom. The van der Waals surface area contributed by atoms with Crippen LogP contribution in [0, 0.1) is 0 Å². The van der Waals surface area contributed by atoms with E-state index in [4.69, 9.17) is 4.74 Å². The van der Waals surface area contributed by atoms with E-state index in [9.17, 15) is 14.4 Å². The van der Waals surface area contributed by atoms with E-state index < -0.39 is 18.5 Å². The van der Waals surface area contributed by atoms with E-state index in [0.29, 0.717) is 11.4 Å². The molecule has 0 spiro atoms. The van der Waals surface area contributed by atoms with E-state index in [1.807, 2.05) is 16.8 Å². The van der Waals surface area contributed by atoms with E-state index in [2.05, 4.69) is 10.3 Å². The van der Waals surface area contributed by atoms with E-state index in [1.165, 1.54) is 16.2 Å². The first-order valence-corrected chi connectivity index (χ1v) is 9.78. The number of hydrogen-bond acceptors (Lipinski definition) is 7. The Balaban J connectivity index is 1.42. The lowest BCUT2D eigenvalue weighted by Crippen LogP contribution is -2.44. The molecule has 136 valence electrons. The van der Waals surface area contributed by atoms with Crippen LogP contribution in [0.1, 0.15) is 10.5 Å². The quantitative estimate of drug-likeness (QED) is 0.682. The number of rotatable bonds is 4. The Bertz CT molecular complexity index is 1010. The minimum Gasteiger partial charge on any atom is -0.451 e. The van der Waals surface area contributed by atoms with Gasteiger partial charge in [0.15, 0.2) is 12.3 Å². The fraction of sp³-hybridized carbons (Fsp3) is 0.111. The zero-order valence-electron chi connectivity index (χ0n) is 13.9. The summed E-state index contributed by atoms with van der Waals surface area (Å²) in [4.78, 5) is 42.0. The maximum Gasteiger partial charge on any atom is 0.358 e. The van der Waals surface area contributed by atoms with Gasteiger partial charge in [-0.15, -0.1) is 11.3 Å². The first-order chi connectivity index (χ1) is 13.1. The highest BCUT2D eigenvalue weighted by atomic mass is 32.1. The largest absolute Gasteiger partial charge is 0.451 e. The number of thiophene rings is 1. The Hall–Kier alpha value is -3.04. The van der Waals surface area contributed by atoms with Gasteiger partial charge in [-0.05, 0) is 23.6 Å². The number of esters is 1. The van der Waals surface area contributed by atoms with Crippen molar-refractivity contribution in [2.24, 2.45) is 0 Å². The highest BCUT2D eigenvalue weighted by molar-refractivity contribution is 7.14. The number of nitrogens with one attached hydrogen (secondary N) is 1. The SMILES string of the molecule is O=C1CN(C(=O)COC(=O)c2csc(-c3ccsc3)n2)c2ccccc2N1. The van der Waals surface area contributed by atoms with Crippen molar-refractivity contribution in [2.75, 3.05) is 23.4 Å². The molecule has 0 fully saturated rings. The lowest BCUT2D eigenvalue weighted by atomic mass is 10.2. The average Bonchev–Trinajstić information content (AvgIpc) is 3.36. The third-order valence-corrected chi connectivity index (χ3v) is 5.45. The van der Waals surface area contributed by atoms with Gasteiger partial charge in [0.1, 0.15) is 11.6 Å². The van der Waals surface area contributed by atoms with Gasteiger partial charge in [0.05, 0.1) is 11.4 Å². The molecule has 0 bridgehead atoms. The van der Waals surface area contributed by atoms with Crippen LogP contribution in [0.2, 0.25) is 0 Å². The molecule has 2 amide bonds. The number of para-hydroxylation sites is 2. The van der Waals surface area contributed by atoms with Crippen LogP contribution in [0.4, 0.5) is 11.4 Å². The molecule has 0 atom stereocenters. The predicted molar refractivity (Wildman–Crippen MR) is 103 cm³/mol. The van der Waals surface area contributed by atoms with Crippen molar-refractivity contribution in [3.63, 3.8) is 0 Å². The molecule has 0 saturated heterocycles. The summed E-state index contributed by atoms with van der Waals surface area (Å²) in [6.07, 6.45) is 0. The Labute approximate surface area is 162 Å². The van der Waals surface area contributed by atoms with Crippen LogP contribution in [-0.2, 0) is 14.3 Å². The fourth-order valence-electron chi connectivity index (χ4n) is 2.62. The average molecular weight is 399 g/mol. The molecule has 0 radical (unpaired) electrons. The van der Waals surface area contributed by atoms with Gasteiger partial charge < -0.3 is 10.1 Å². The summed E-state index contributed by atoms with van der Waals surface area (Å²) in [7, 11) is 0. The number of carbonyl (C=O) groups excluding carboxylic acids is 3. The summed E-state index contributed by atoms with van der Waals surface area (Å²) in [5.41, 5.74) is 2.22. The van der Waals surface area contributed by atoms with Crippen molar-refractivity contribution in [1.29, 1.82) is 0 Å². The number of ether oxygens (including phenoxy) is 1. The van der Waals surface area contributed by atoms with Crippen LogP contribution in [0.15, 0.2) is 46.5 Å². The second-order valence-electron chi connectivity index (χ2n) is 5.67. The summed E-state index contributed by atoms with van der Waals surface area (Å²) in [5.74, 6) is -1.44. The molecule has 3 aromatic rings. The molecular formula is C18H13N3O4S2. The summed E-state index contributed by atoms with van der Waals surface area (Å²) < 4.78 is 5.11. The van der Waals surface area contributed by atoms with Gasteiger partial charge in [-0.1, -0.05) is 12.1 Å². The van der Waals surface area contributed by atoms with Crippen molar-refractivity contribution >= 4 is 51.8 Å². The van der Waals surface area contributed by atoms with Crippen LogP contribution >= 0.6 is 22.7 Å². The second kappa shape index (κ2) is 7.29. The molecular weight excluding hydrogens is 386 g/mol. The lowest BCUT2D eigenvalue weighted by molar-refractivity contribution is -0.124. The van der Waals surface area contributed by atoms with Crippen LogP contribution in [0.3, 0.4) is 0 Å². The first-order valence-electron chi connectivity index (χ1n) is 7.96. The highest BCUT2D eigenvalue weighted by Gasteiger charge is 2.27. The number of thiazole rings is 1. The molecule has 4 rings (SSSR count). The molecule has 9 heteroatoms. The monoisotopic (exact) mass is 399 g/mol. The molecule has 0 saturated carbocycles. The van der Waals surface area contributed by atoms with Crippen molar-refractivity contribution in [3.05, 3.63) is 52.2 Å². The maximum atomic E-state index is 12.5. The maximum absolute atomic E-state index is 12.5. The summed E-state index contributed by atoms with van der Waals surface area (Å²) in [5, 5.41) is 8.89. The number of benzene rings is 1. The Morgan fingerprint density at radius 3 is 2.89 bits per heavy atom. The molecule has 3 heterocycles. The van der Waals surface area contributed by atoms with Crippen molar-refractivity contribution in [3.8, 4) is 10.6 Å². The zero-order valence-corrected chi connectivity index (χ0v) is 15.5. The second-order valence-corrected chi connectivity index (χ2v) is 7.31. The fourth-order valence-corrected chi connectivity index (χ4v) is 4.12. The third kappa shape index (κ3) is 3.60. The van der Waals surface area contributed by atoms with Crippen LogP contribution < -0.4 is 10.2 Å². The number of hydrogen-bond donors (Lipinski definition) is 1. The Morgan fingerprint density at radius 2 is 2.07 bits per heavy atom. The van der Waals surface area contributed by atoms with Crippen LogP contribution in [0.25, 0.3) is 10.6 Å². The van der Waals surface area contributed by atoms with E-state index in [1.54, 1.807) is 41.0 Å². The smallest absolute Gasteiger partial charge is 0.358 e. The van der Waals surface area contributed by atoms with Gasteiger partial charge in [-0.25, -0.2) is 9.78 Å². The summed E-state index contributed by atoms with van der Waals surface area (Å²) >= 11 is 2.88. The number of amides is 2. The molecule has 7 nitrogen and oxygen atoms in total. The van der Waals surface area contributed by atoms with Crippen molar-refractivity contribution in [2.45, 2.75) is 0 Å². The molecule has 1 aromatic carbocycles. The molecule has 0 unspecified atom stereocenters. The summed E-state index contributed by atoms with van der Waals surface area (Å²) in [6.45, 7) is -0.585. The van der Waals surface area contributed by atoms with Crippen molar-refractivity contribution in [1.82, 2.24) is 4.98 Å². The van der Waals surface area contributed by atoms with E-state index in [0.717, 1.165) is 10.6 Å². The number of aromatic nitrogens is 1. The van der Waals surface area contributed by atoms with Gasteiger partial charge in [-0.2, -0.15) is 11.3 Å². The number of fused-ring (bicyclic) bond motifs is 1. The number of nitrogens with zero attached hydrogens (tertiary/aromatic N) is 2. The van der Waals surface area contributed by atoms with Gasteiger partial charge in [-0.3, -0.25) is 14.5 Å². The molecule has 1 aliphatic rings. The van der Waals surface area contributed by atoms with Gasteiger partial charge in [0.2, 0.25) is 5.91 Å². The highest BCUT2D eigenvalue weighted by Crippen LogP contribution is 2.29. The number of carbonyl (C=O) groups is 3. The van der Waals surface area contributed by atoms with Gasteiger partial charge >= 0.3 is 5.97 Å². The standard InChI is InChI=1S/C18H13N3O4S2/c22-15-7-21(14-4-2-1-3-12(14)19-15)16(23)8-25-18(24)13-10-27-17(20-13)11-5-6-26-9-11/h1-6,9-10H,7-8H2,(H,19,22). The minimum absolute atomic E-state index is 0.119. The molecule has 27 heavy (non-hydrogen) atoms. The topological polar surface area (TPSA) is 88.6 Å². The minimum atomic E-state index is -0.671. The molecule has 2 aromatic heterocycles. The predicted octanol–water partition coefficient (Wildman–Crippen LogP) is 3.01. The molecule has 0 aliphatic carbocycles. The van der Waals surface area contributed by atoms with Crippen LogP contribution in [0.5, 0.6) is 0 Å². The molecule has 1 N–H and O–H groups in total. The van der Waals surface area contributed by atoms with Gasteiger partial charge in [0, 0.05) is 16.3 Å². The van der Waals surface area contributed by atoms with Crippen LogP contribution in [-0.4, -0.2) is 35.9 Å². The van der Waals surface area contributed by atoms with E-state index in [-0.39, 0.29) is 18.1 Å². The molecule has 1 aliphatic heterocycles. The Kier molecular flexibility index (Phi) is 4.69.